The van der Waals surface area contributed by atoms with Crippen LogP contribution in [0.4, 0.5) is 0 Å². The summed E-state index contributed by atoms with van der Waals surface area (Å²) in [5.74, 6) is -0.213. The second-order valence-corrected chi connectivity index (χ2v) is 4.44. The van der Waals surface area contributed by atoms with Gasteiger partial charge in [0.15, 0.2) is 0 Å². The van der Waals surface area contributed by atoms with Gasteiger partial charge in [0.25, 0.3) is 0 Å². The fraction of sp³-hybridized carbons (Fsp3) is 0.800. The predicted molar refractivity (Wildman–Crippen MR) is 53.1 cm³/mol. The molecular weight excluding hydrogens is 178 g/mol. The van der Waals surface area contributed by atoms with E-state index in [-0.39, 0.29) is 11.8 Å². The van der Waals surface area contributed by atoms with Crippen LogP contribution < -0.4 is 5.73 Å². The number of hydrogen-bond acceptors (Lipinski definition) is 3. The molecule has 0 radical (unpaired) electrons. The first kappa shape index (κ1) is 11.0. The highest BCUT2D eigenvalue weighted by Gasteiger charge is 2.38. The number of carbonyl (C=O) groups excluding carboxylic acids is 1. The maximum atomic E-state index is 11.2. The van der Waals surface area contributed by atoms with Gasteiger partial charge in [-0.25, -0.2) is 0 Å². The zero-order valence-electron chi connectivity index (χ0n) is 8.79. The molecule has 4 nitrogen and oxygen atoms in total. The quantitative estimate of drug-likeness (QED) is 0.706. The molecule has 78 valence electrons. The molecule has 1 aliphatic heterocycles. The molecule has 0 saturated carbocycles. The normalized spacial score (nSPS) is 29.8. The molecule has 1 rings (SSSR count). The van der Waals surface area contributed by atoms with Gasteiger partial charge in [-0.3, -0.25) is 4.79 Å². The van der Waals surface area contributed by atoms with Gasteiger partial charge in [0.1, 0.15) is 0 Å². The molecule has 0 bridgehead atoms. The van der Waals surface area contributed by atoms with Crippen LogP contribution in [-0.2, 0) is 4.79 Å². The third-order valence-corrected chi connectivity index (χ3v) is 2.90. The van der Waals surface area contributed by atoms with Gasteiger partial charge < -0.3 is 10.6 Å². The summed E-state index contributed by atoms with van der Waals surface area (Å²) in [4.78, 5) is 13.3. The highest BCUT2D eigenvalue weighted by Crippen LogP contribution is 2.29. The van der Waals surface area contributed by atoms with Crippen molar-refractivity contribution in [3.63, 3.8) is 0 Å². The summed E-state index contributed by atoms with van der Waals surface area (Å²) in [6, 6.07) is 2.19. The number of nitrogens with zero attached hydrogens (tertiary/aromatic N) is 2. The lowest BCUT2D eigenvalue weighted by Gasteiger charge is -2.21. The Bertz CT molecular complexity index is 271. The van der Waals surface area contributed by atoms with Crippen molar-refractivity contribution in [1.29, 1.82) is 5.26 Å². The zero-order chi connectivity index (χ0) is 10.8. The lowest BCUT2D eigenvalue weighted by Crippen LogP contribution is -2.37. The molecule has 14 heavy (non-hydrogen) atoms. The number of primary amides is 1. The minimum absolute atomic E-state index is 0.0187. The topological polar surface area (TPSA) is 70.1 Å². The molecular formula is C10H17N3O. The Morgan fingerprint density at radius 1 is 1.79 bits per heavy atom. The zero-order valence-corrected chi connectivity index (χ0v) is 8.79. The van der Waals surface area contributed by atoms with Gasteiger partial charge in [-0.2, -0.15) is 5.26 Å². The number of hydrogen-bond donors (Lipinski definition) is 1. The van der Waals surface area contributed by atoms with E-state index in [1.807, 2.05) is 13.8 Å². The monoisotopic (exact) mass is 195 g/mol. The van der Waals surface area contributed by atoms with Gasteiger partial charge in [-0.05, 0) is 26.8 Å². The number of carbonyl (C=O) groups is 1. The van der Waals surface area contributed by atoms with Crippen LogP contribution in [-0.4, -0.2) is 30.4 Å². The summed E-state index contributed by atoms with van der Waals surface area (Å²) in [6.45, 7) is 6.07. The molecule has 1 amide bonds. The van der Waals surface area contributed by atoms with E-state index in [2.05, 4.69) is 11.0 Å². The average Bonchev–Trinajstić information content (AvgIpc) is 2.49. The molecule has 1 fully saturated rings. The van der Waals surface area contributed by atoms with E-state index in [0.29, 0.717) is 6.54 Å². The Morgan fingerprint density at radius 3 is 2.86 bits per heavy atom. The van der Waals surface area contributed by atoms with E-state index in [9.17, 15) is 4.79 Å². The van der Waals surface area contributed by atoms with Crippen molar-refractivity contribution in [3.8, 4) is 6.07 Å². The predicted octanol–water partition coefficient (Wildman–Crippen LogP) is 0.343. The molecule has 0 aromatic heterocycles. The first-order valence-electron chi connectivity index (χ1n) is 4.90. The fourth-order valence-electron chi connectivity index (χ4n) is 1.84. The van der Waals surface area contributed by atoms with E-state index in [4.69, 9.17) is 11.0 Å². The molecule has 1 saturated heterocycles. The van der Waals surface area contributed by atoms with Gasteiger partial charge in [-0.15, -0.1) is 0 Å². The van der Waals surface area contributed by atoms with Crippen LogP contribution in [0.2, 0.25) is 0 Å². The van der Waals surface area contributed by atoms with Crippen LogP contribution in [0.3, 0.4) is 0 Å². The van der Waals surface area contributed by atoms with Gasteiger partial charge >= 0.3 is 0 Å². The highest BCUT2D eigenvalue weighted by molar-refractivity contribution is 5.81. The van der Waals surface area contributed by atoms with Crippen molar-refractivity contribution in [3.05, 3.63) is 0 Å². The van der Waals surface area contributed by atoms with Crippen molar-refractivity contribution >= 4 is 5.91 Å². The van der Waals surface area contributed by atoms with E-state index in [0.717, 1.165) is 19.5 Å². The largest absolute Gasteiger partial charge is 0.369 e. The Hall–Kier alpha value is -1.08. The lowest BCUT2D eigenvalue weighted by molar-refractivity contribution is -0.126. The Morgan fingerprint density at radius 2 is 2.43 bits per heavy atom. The molecule has 0 aliphatic carbocycles. The molecule has 0 aromatic rings. The average molecular weight is 195 g/mol. The SMILES string of the molecule is CC(C#N)CN1CCC(C)(C(N)=O)C1. The fourth-order valence-corrected chi connectivity index (χ4v) is 1.84. The van der Waals surface area contributed by atoms with Gasteiger partial charge in [-0.1, -0.05) is 0 Å². The van der Waals surface area contributed by atoms with Gasteiger partial charge in [0, 0.05) is 13.1 Å². The summed E-state index contributed by atoms with van der Waals surface area (Å²) in [7, 11) is 0. The van der Waals surface area contributed by atoms with Gasteiger partial charge in [0.05, 0.1) is 17.4 Å². The van der Waals surface area contributed by atoms with Crippen LogP contribution in [0.5, 0.6) is 0 Å². The molecule has 1 aliphatic rings. The Balaban J connectivity index is 2.50. The third-order valence-electron chi connectivity index (χ3n) is 2.90. The van der Waals surface area contributed by atoms with Crippen LogP contribution in [0.15, 0.2) is 0 Å². The molecule has 0 aromatic carbocycles. The second kappa shape index (κ2) is 3.97. The minimum Gasteiger partial charge on any atom is -0.369 e. The van der Waals surface area contributed by atoms with Crippen molar-refractivity contribution in [1.82, 2.24) is 4.90 Å². The number of nitriles is 1. The van der Waals surface area contributed by atoms with Crippen LogP contribution >= 0.6 is 0 Å². The van der Waals surface area contributed by atoms with E-state index < -0.39 is 5.41 Å². The van der Waals surface area contributed by atoms with Crippen molar-refractivity contribution in [2.24, 2.45) is 17.1 Å². The first-order chi connectivity index (χ1) is 6.48. The van der Waals surface area contributed by atoms with Crippen LogP contribution in [0, 0.1) is 22.7 Å². The summed E-state index contributed by atoms with van der Waals surface area (Å²) < 4.78 is 0. The molecule has 0 spiro atoms. The van der Waals surface area contributed by atoms with Crippen molar-refractivity contribution in [2.75, 3.05) is 19.6 Å². The van der Waals surface area contributed by atoms with Crippen molar-refractivity contribution < 1.29 is 4.79 Å². The number of likely N-dealkylation sites (tertiary alicyclic amines) is 1. The maximum absolute atomic E-state index is 11.2. The standard InChI is InChI=1S/C10H17N3O/c1-8(5-11)6-13-4-3-10(2,7-13)9(12)14/h8H,3-4,6-7H2,1-2H3,(H2,12,14). The Labute approximate surface area is 84.7 Å². The molecule has 2 unspecified atom stereocenters. The summed E-state index contributed by atoms with van der Waals surface area (Å²) in [5, 5.41) is 8.67. The first-order valence-corrected chi connectivity index (χ1v) is 4.90. The van der Waals surface area contributed by atoms with E-state index in [1.54, 1.807) is 0 Å². The number of amides is 1. The van der Waals surface area contributed by atoms with Crippen molar-refractivity contribution in [2.45, 2.75) is 20.3 Å². The summed E-state index contributed by atoms with van der Waals surface area (Å²) in [6.07, 6.45) is 0.806. The Kier molecular flexibility index (Phi) is 3.12. The van der Waals surface area contributed by atoms with Gasteiger partial charge in [0.2, 0.25) is 5.91 Å². The summed E-state index contributed by atoms with van der Waals surface area (Å²) in [5.41, 5.74) is 4.93. The van der Waals surface area contributed by atoms with Crippen LogP contribution in [0.25, 0.3) is 0 Å². The smallest absolute Gasteiger partial charge is 0.224 e. The lowest BCUT2D eigenvalue weighted by atomic mass is 9.89. The highest BCUT2D eigenvalue weighted by atomic mass is 16.1. The second-order valence-electron chi connectivity index (χ2n) is 4.44. The van der Waals surface area contributed by atoms with E-state index in [1.165, 1.54) is 0 Å². The summed E-state index contributed by atoms with van der Waals surface area (Å²) >= 11 is 0. The minimum atomic E-state index is -0.394. The third kappa shape index (κ3) is 2.24. The number of rotatable bonds is 3. The molecule has 2 N–H and O–H groups in total. The number of nitrogens with two attached hydrogens (primary N) is 1. The molecule has 1 heterocycles. The molecule has 2 atom stereocenters. The molecule has 4 heteroatoms. The van der Waals surface area contributed by atoms with E-state index >= 15 is 0 Å². The van der Waals surface area contributed by atoms with Crippen LogP contribution in [0.1, 0.15) is 20.3 Å². The maximum Gasteiger partial charge on any atom is 0.224 e.